The predicted molar refractivity (Wildman–Crippen MR) is 51.0 cm³/mol. The molecular weight excluding hydrogens is 240 g/mol. The molecule has 9 heteroatoms. The summed E-state index contributed by atoms with van der Waals surface area (Å²) in [4.78, 5) is 20.2. The van der Waals surface area contributed by atoms with Crippen molar-refractivity contribution in [3.05, 3.63) is 34.4 Å². The molecule has 0 radical (unpaired) electrons. The molecule has 0 atom stereocenters. The molecule has 0 spiro atoms. The summed E-state index contributed by atoms with van der Waals surface area (Å²) >= 11 is 0. The molecule has 92 valence electrons. The summed E-state index contributed by atoms with van der Waals surface area (Å²) in [6, 6.07) is 4.04. The molecule has 0 saturated heterocycles. The monoisotopic (exact) mass is 247 g/mol. The van der Waals surface area contributed by atoms with Crippen molar-refractivity contribution >= 4 is 11.6 Å². The van der Waals surface area contributed by atoms with E-state index in [1.165, 1.54) is 5.43 Å². The molecule has 0 heterocycles. The number of nitrogens with zero attached hydrogens (tertiary/aromatic N) is 1. The van der Waals surface area contributed by atoms with Gasteiger partial charge in [-0.2, -0.15) is 8.78 Å². The van der Waals surface area contributed by atoms with Crippen LogP contribution < -0.4 is 16.0 Å². The molecule has 0 aromatic heterocycles. The zero-order valence-electron chi connectivity index (χ0n) is 8.22. The number of non-ortho nitro benzene ring substituents is 1. The van der Waals surface area contributed by atoms with E-state index in [1.807, 2.05) is 0 Å². The molecule has 0 unspecified atom stereocenters. The molecule has 0 bridgehead atoms. The number of carbonyl (C=O) groups excluding carboxylic acids is 1. The molecule has 7 nitrogen and oxygen atoms in total. The maximum absolute atomic E-state index is 13.0. The molecule has 17 heavy (non-hydrogen) atoms. The van der Waals surface area contributed by atoms with Crippen molar-refractivity contribution in [2.75, 3.05) is 0 Å². The average molecular weight is 247 g/mol. The fourth-order valence-corrected chi connectivity index (χ4v) is 0.939. The van der Waals surface area contributed by atoms with Gasteiger partial charge in [0.2, 0.25) is 0 Å². The van der Waals surface area contributed by atoms with E-state index >= 15 is 0 Å². The quantitative estimate of drug-likeness (QED) is 0.349. The number of hydrazine groups is 1. The Bertz CT molecular complexity index is 452. The van der Waals surface area contributed by atoms with Crippen LogP contribution in [-0.4, -0.2) is 16.9 Å². The van der Waals surface area contributed by atoms with E-state index in [-0.39, 0.29) is 0 Å². The lowest BCUT2D eigenvalue weighted by atomic mass is 10.3. The van der Waals surface area contributed by atoms with Crippen molar-refractivity contribution in [1.82, 2.24) is 5.43 Å². The summed E-state index contributed by atoms with van der Waals surface area (Å²) in [7, 11) is 0. The van der Waals surface area contributed by atoms with Crippen LogP contribution in [0.5, 0.6) is 5.75 Å². The summed E-state index contributed by atoms with van der Waals surface area (Å²) < 4.78 is 29.9. The molecule has 1 aromatic rings. The van der Waals surface area contributed by atoms with Crippen LogP contribution in [0, 0.1) is 10.1 Å². The summed E-state index contributed by atoms with van der Waals surface area (Å²) in [6.45, 7) is 0. The third kappa shape index (κ3) is 3.08. The van der Waals surface area contributed by atoms with Gasteiger partial charge in [0.1, 0.15) is 5.75 Å². The van der Waals surface area contributed by atoms with Crippen LogP contribution >= 0.6 is 0 Å². The van der Waals surface area contributed by atoms with Gasteiger partial charge >= 0.3 is 12.0 Å². The fraction of sp³-hybridized carbons (Fsp3) is 0.125. The largest absolute Gasteiger partial charge is 0.483 e. The number of ether oxygens (including phenoxy) is 1. The number of halogens is 2. The van der Waals surface area contributed by atoms with Gasteiger partial charge in [-0.25, -0.2) is 5.84 Å². The minimum Gasteiger partial charge on any atom is -0.425 e. The summed E-state index contributed by atoms with van der Waals surface area (Å²) in [5.74, 6) is 2.14. The second-order valence-electron chi connectivity index (χ2n) is 2.85. The van der Waals surface area contributed by atoms with Crippen LogP contribution in [0.2, 0.25) is 0 Å². The maximum Gasteiger partial charge on any atom is 0.483 e. The number of nitrogens with two attached hydrogens (primary N) is 1. The molecule has 1 rings (SSSR count). The van der Waals surface area contributed by atoms with Crippen LogP contribution in [0.3, 0.4) is 0 Å². The minimum absolute atomic E-state index is 0.438. The number of nitrogens with one attached hydrogen (secondary N) is 1. The SMILES string of the molecule is NNC(=O)C(F)(F)Oc1cccc([N+](=O)[O-])c1. The van der Waals surface area contributed by atoms with E-state index in [9.17, 15) is 23.7 Å². The Morgan fingerprint density at radius 3 is 2.71 bits per heavy atom. The number of hydrogen-bond acceptors (Lipinski definition) is 5. The molecular formula is C8H7F2N3O4. The molecule has 0 fully saturated rings. The van der Waals surface area contributed by atoms with Crippen molar-refractivity contribution < 1.29 is 23.2 Å². The first kappa shape index (κ1) is 12.8. The number of carbonyl (C=O) groups is 1. The van der Waals surface area contributed by atoms with Gasteiger partial charge in [-0.05, 0) is 6.07 Å². The highest BCUT2D eigenvalue weighted by Gasteiger charge is 2.42. The molecule has 0 aliphatic carbocycles. The lowest BCUT2D eigenvalue weighted by Gasteiger charge is -2.15. The van der Waals surface area contributed by atoms with E-state index in [1.54, 1.807) is 0 Å². The first-order valence-corrected chi connectivity index (χ1v) is 4.19. The maximum atomic E-state index is 13.0. The Labute approximate surface area is 93.3 Å². The van der Waals surface area contributed by atoms with Crippen LogP contribution in [0.15, 0.2) is 24.3 Å². The molecule has 0 aliphatic rings. The molecule has 0 saturated carbocycles. The summed E-state index contributed by atoms with van der Waals surface area (Å²) in [5, 5.41) is 10.4. The Balaban J connectivity index is 2.92. The molecule has 3 N–H and O–H groups in total. The van der Waals surface area contributed by atoms with Crippen molar-refractivity contribution in [2.45, 2.75) is 6.11 Å². The zero-order chi connectivity index (χ0) is 13.1. The van der Waals surface area contributed by atoms with Gasteiger partial charge in [0.25, 0.3) is 5.69 Å². The van der Waals surface area contributed by atoms with Gasteiger partial charge in [0, 0.05) is 6.07 Å². The van der Waals surface area contributed by atoms with Gasteiger partial charge in [-0.3, -0.25) is 20.3 Å². The van der Waals surface area contributed by atoms with E-state index in [0.29, 0.717) is 0 Å². The van der Waals surface area contributed by atoms with Crippen LogP contribution in [-0.2, 0) is 4.79 Å². The number of nitro groups is 1. The standard InChI is InChI=1S/C8H7F2N3O4/c9-8(10,7(14)12-11)17-6-3-1-2-5(4-6)13(15)16/h1-4H,11H2,(H,12,14). The Morgan fingerprint density at radius 2 is 2.18 bits per heavy atom. The number of rotatable bonds is 4. The fourth-order valence-electron chi connectivity index (χ4n) is 0.939. The highest BCUT2D eigenvalue weighted by Crippen LogP contribution is 2.25. The summed E-state index contributed by atoms with van der Waals surface area (Å²) in [6.07, 6.45) is -4.20. The first-order valence-electron chi connectivity index (χ1n) is 4.19. The number of alkyl halides is 2. The van der Waals surface area contributed by atoms with Crippen molar-refractivity contribution in [1.29, 1.82) is 0 Å². The van der Waals surface area contributed by atoms with E-state index in [4.69, 9.17) is 0 Å². The minimum atomic E-state index is -4.20. The van der Waals surface area contributed by atoms with E-state index in [0.717, 1.165) is 24.3 Å². The Morgan fingerprint density at radius 1 is 1.53 bits per heavy atom. The van der Waals surface area contributed by atoms with Gasteiger partial charge in [-0.1, -0.05) is 6.07 Å². The normalized spacial score (nSPS) is 10.8. The second-order valence-corrected chi connectivity index (χ2v) is 2.85. The average Bonchev–Trinajstić information content (AvgIpc) is 2.27. The Hall–Kier alpha value is -2.29. The number of nitro benzene ring substituents is 1. The van der Waals surface area contributed by atoms with Gasteiger partial charge in [-0.15, -0.1) is 0 Å². The van der Waals surface area contributed by atoms with Crippen molar-refractivity contribution in [2.24, 2.45) is 5.84 Å². The highest BCUT2D eigenvalue weighted by molar-refractivity contribution is 5.81. The van der Waals surface area contributed by atoms with E-state index in [2.05, 4.69) is 10.6 Å². The number of amides is 1. The Kier molecular flexibility index (Phi) is 3.53. The van der Waals surface area contributed by atoms with Gasteiger partial charge < -0.3 is 4.74 Å². The molecule has 0 aliphatic heterocycles. The number of benzene rings is 1. The van der Waals surface area contributed by atoms with Gasteiger partial charge in [0.05, 0.1) is 11.0 Å². The van der Waals surface area contributed by atoms with E-state index < -0.39 is 28.4 Å². The third-order valence-corrected chi connectivity index (χ3v) is 1.67. The van der Waals surface area contributed by atoms with Crippen molar-refractivity contribution in [3.8, 4) is 5.75 Å². The summed E-state index contributed by atoms with van der Waals surface area (Å²) in [5.41, 5.74) is 0.777. The smallest absolute Gasteiger partial charge is 0.425 e. The molecule has 1 aromatic carbocycles. The predicted octanol–water partition coefficient (Wildman–Crippen LogP) is 0.556. The third-order valence-electron chi connectivity index (χ3n) is 1.67. The van der Waals surface area contributed by atoms with Crippen LogP contribution in [0.4, 0.5) is 14.5 Å². The van der Waals surface area contributed by atoms with Crippen LogP contribution in [0.25, 0.3) is 0 Å². The number of hydrogen-bond donors (Lipinski definition) is 2. The van der Waals surface area contributed by atoms with Crippen LogP contribution in [0.1, 0.15) is 0 Å². The zero-order valence-corrected chi connectivity index (χ0v) is 8.22. The van der Waals surface area contributed by atoms with Crippen molar-refractivity contribution in [3.63, 3.8) is 0 Å². The first-order chi connectivity index (χ1) is 7.86. The highest BCUT2D eigenvalue weighted by atomic mass is 19.3. The van der Waals surface area contributed by atoms with Gasteiger partial charge in [0.15, 0.2) is 0 Å². The lowest BCUT2D eigenvalue weighted by molar-refractivity contribution is -0.385. The topological polar surface area (TPSA) is 107 Å². The molecule has 1 amide bonds. The lowest BCUT2D eigenvalue weighted by Crippen LogP contribution is -2.47. The second kappa shape index (κ2) is 4.70.